The van der Waals surface area contributed by atoms with E-state index < -0.39 is 28.3 Å². The molecule has 0 bridgehead atoms. The first kappa shape index (κ1) is 27.3. The van der Waals surface area contributed by atoms with Crippen molar-refractivity contribution in [3.63, 3.8) is 0 Å². The molecule has 3 aromatic carbocycles. The molecule has 1 amide bonds. The molecule has 1 heterocycles. The molecule has 1 aliphatic rings. The number of amides is 1. The van der Waals surface area contributed by atoms with Crippen molar-refractivity contribution in [3.05, 3.63) is 78.1 Å². The Kier molecular flexibility index (Phi) is 8.11. The van der Waals surface area contributed by atoms with Crippen molar-refractivity contribution in [3.8, 4) is 17.2 Å². The fourth-order valence-corrected chi connectivity index (χ4v) is 5.42. The van der Waals surface area contributed by atoms with Crippen LogP contribution in [0.15, 0.2) is 71.6 Å². The summed E-state index contributed by atoms with van der Waals surface area (Å²) in [6.07, 6.45) is 0. The minimum Gasteiger partial charge on any atom is -0.491 e. The summed E-state index contributed by atoms with van der Waals surface area (Å²) in [6, 6.07) is 16.9. The van der Waals surface area contributed by atoms with E-state index in [0.717, 1.165) is 27.8 Å². The molecule has 0 spiro atoms. The molecule has 4 rings (SSSR count). The van der Waals surface area contributed by atoms with Gasteiger partial charge in [0.1, 0.15) is 37.9 Å². The van der Waals surface area contributed by atoms with Crippen molar-refractivity contribution in [1.82, 2.24) is 5.32 Å². The van der Waals surface area contributed by atoms with Gasteiger partial charge in [0.2, 0.25) is 5.91 Å². The lowest BCUT2D eigenvalue weighted by Gasteiger charge is -2.25. The molecule has 1 aliphatic heterocycles. The molecule has 0 saturated carbocycles. The molecule has 0 aliphatic carbocycles. The minimum atomic E-state index is -4.21. The lowest BCUT2D eigenvalue weighted by Crippen LogP contribution is -2.42. The number of halogens is 1. The fraction of sp³-hybridized carbons (Fsp3) is 0.321. The van der Waals surface area contributed by atoms with Crippen molar-refractivity contribution in [2.24, 2.45) is 0 Å². The van der Waals surface area contributed by atoms with E-state index in [0.29, 0.717) is 24.7 Å². The summed E-state index contributed by atoms with van der Waals surface area (Å²) in [5.74, 6) is 0.400. The molecule has 0 fully saturated rings. The zero-order valence-corrected chi connectivity index (χ0v) is 22.4. The van der Waals surface area contributed by atoms with E-state index >= 15 is 0 Å². The molecule has 38 heavy (non-hydrogen) atoms. The van der Waals surface area contributed by atoms with Crippen molar-refractivity contribution in [2.45, 2.75) is 31.1 Å². The number of para-hydroxylation sites is 1. The number of carbonyl (C=O) groups is 1. The number of anilines is 1. The quantitative estimate of drug-likeness (QED) is 0.406. The Balaban J connectivity index is 1.47. The van der Waals surface area contributed by atoms with Crippen LogP contribution in [-0.4, -0.2) is 47.2 Å². The van der Waals surface area contributed by atoms with Gasteiger partial charge in [-0.1, -0.05) is 39.0 Å². The molecule has 10 heteroatoms. The second kappa shape index (κ2) is 11.3. The summed E-state index contributed by atoms with van der Waals surface area (Å²) in [5, 5.41) is 2.71. The third kappa shape index (κ3) is 6.36. The van der Waals surface area contributed by atoms with Crippen molar-refractivity contribution >= 4 is 21.6 Å². The highest BCUT2D eigenvalue weighted by Gasteiger charge is 2.29. The number of nitrogens with one attached hydrogen (secondary N) is 1. The highest BCUT2D eigenvalue weighted by atomic mass is 32.2. The third-order valence-corrected chi connectivity index (χ3v) is 7.65. The number of benzene rings is 3. The standard InChI is InChI=1S/C28H31FN2O6S/c1-28(2,3)23-6-4-5-7-24(23)35-15-14-30-27(32)19-31(21-10-8-20(29)9-11-21)38(33,34)22-12-13-25-26(18-22)37-17-16-36-25/h4-13,18H,14-17,19H2,1-3H3,(H,30,32). The maximum atomic E-state index is 13.6. The molecule has 3 aromatic rings. The number of fused-ring (bicyclic) bond motifs is 1. The zero-order chi connectivity index (χ0) is 27.3. The molecular formula is C28H31FN2O6S. The lowest BCUT2D eigenvalue weighted by atomic mass is 9.86. The van der Waals surface area contributed by atoms with Gasteiger partial charge in [0.25, 0.3) is 10.0 Å². The van der Waals surface area contributed by atoms with Gasteiger partial charge >= 0.3 is 0 Å². The number of hydrogen-bond donors (Lipinski definition) is 1. The molecule has 0 unspecified atom stereocenters. The Bertz CT molecular complexity index is 1390. The molecule has 0 atom stereocenters. The van der Waals surface area contributed by atoms with Gasteiger partial charge in [-0.25, -0.2) is 12.8 Å². The van der Waals surface area contributed by atoms with Crippen LogP contribution in [-0.2, 0) is 20.2 Å². The van der Waals surface area contributed by atoms with E-state index in [1.807, 2.05) is 24.3 Å². The van der Waals surface area contributed by atoms with Crippen molar-refractivity contribution in [2.75, 3.05) is 37.2 Å². The Labute approximate surface area is 222 Å². The first-order valence-corrected chi connectivity index (χ1v) is 13.7. The van der Waals surface area contributed by atoms with Crippen LogP contribution >= 0.6 is 0 Å². The van der Waals surface area contributed by atoms with Crippen LogP contribution in [0.2, 0.25) is 0 Å². The number of rotatable bonds is 9. The van der Waals surface area contributed by atoms with Gasteiger partial charge in [0, 0.05) is 6.07 Å². The lowest BCUT2D eigenvalue weighted by molar-refractivity contribution is -0.119. The summed E-state index contributed by atoms with van der Waals surface area (Å²) in [5.41, 5.74) is 1.07. The molecule has 1 N–H and O–H groups in total. The second-order valence-corrected chi connectivity index (χ2v) is 11.6. The van der Waals surface area contributed by atoms with E-state index in [1.165, 1.54) is 30.3 Å². The minimum absolute atomic E-state index is 0.0824. The van der Waals surface area contributed by atoms with Gasteiger partial charge in [-0.15, -0.1) is 0 Å². The highest BCUT2D eigenvalue weighted by molar-refractivity contribution is 7.92. The summed E-state index contributed by atoms with van der Waals surface area (Å²) in [4.78, 5) is 12.8. The van der Waals surface area contributed by atoms with Gasteiger partial charge in [0.05, 0.1) is 17.1 Å². The van der Waals surface area contributed by atoms with Gasteiger partial charge in [-0.3, -0.25) is 9.10 Å². The summed E-state index contributed by atoms with van der Waals surface area (Å²) in [7, 11) is -4.21. The van der Waals surface area contributed by atoms with E-state index in [4.69, 9.17) is 14.2 Å². The van der Waals surface area contributed by atoms with Crippen LogP contribution < -0.4 is 23.8 Å². The molecule has 202 valence electrons. The van der Waals surface area contributed by atoms with Gasteiger partial charge in [-0.05, 0) is 53.4 Å². The van der Waals surface area contributed by atoms with E-state index in [2.05, 4.69) is 26.1 Å². The van der Waals surface area contributed by atoms with Crippen molar-refractivity contribution < 1.29 is 31.8 Å². The van der Waals surface area contributed by atoms with E-state index in [9.17, 15) is 17.6 Å². The molecule has 0 aromatic heterocycles. The van der Waals surface area contributed by atoms with Crippen molar-refractivity contribution in [1.29, 1.82) is 0 Å². The monoisotopic (exact) mass is 542 g/mol. The second-order valence-electron chi connectivity index (χ2n) is 9.74. The van der Waals surface area contributed by atoms with Crippen LogP contribution in [0, 0.1) is 5.82 Å². The highest BCUT2D eigenvalue weighted by Crippen LogP contribution is 2.34. The maximum absolute atomic E-state index is 13.6. The Morgan fingerprint density at radius 1 is 1.00 bits per heavy atom. The number of carbonyl (C=O) groups excluding carboxylic acids is 1. The normalized spacial score (nSPS) is 13.1. The third-order valence-electron chi connectivity index (χ3n) is 5.88. The fourth-order valence-electron chi connectivity index (χ4n) is 3.98. The topological polar surface area (TPSA) is 94.2 Å². The summed E-state index contributed by atoms with van der Waals surface area (Å²) < 4.78 is 58.6. The SMILES string of the molecule is CC(C)(C)c1ccccc1OCCNC(=O)CN(c1ccc(F)cc1)S(=O)(=O)c1ccc2c(c1)OCCO2. The Hall–Kier alpha value is -3.79. The van der Waals surface area contributed by atoms with Gasteiger partial charge in [0.15, 0.2) is 11.5 Å². The Morgan fingerprint density at radius 2 is 1.68 bits per heavy atom. The summed E-state index contributed by atoms with van der Waals surface area (Å²) >= 11 is 0. The van der Waals surface area contributed by atoms with Gasteiger partial charge < -0.3 is 19.5 Å². The van der Waals surface area contributed by atoms with E-state index in [-0.39, 0.29) is 29.1 Å². The molecular weight excluding hydrogens is 511 g/mol. The summed E-state index contributed by atoms with van der Waals surface area (Å²) in [6.45, 7) is 6.77. The predicted molar refractivity (Wildman–Crippen MR) is 142 cm³/mol. The number of nitrogens with zero attached hydrogens (tertiary/aromatic N) is 1. The van der Waals surface area contributed by atoms with Gasteiger partial charge in [-0.2, -0.15) is 0 Å². The first-order chi connectivity index (χ1) is 18.1. The zero-order valence-electron chi connectivity index (χ0n) is 21.6. The van der Waals surface area contributed by atoms with E-state index in [1.54, 1.807) is 0 Å². The largest absolute Gasteiger partial charge is 0.491 e. The smallest absolute Gasteiger partial charge is 0.264 e. The van der Waals surface area contributed by atoms with Crippen LogP contribution in [0.1, 0.15) is 26.3 Å². The molecule has 0 radical (unpaired) electrons. The number of hydrogen-bond acceptors (Lipinski definition) is 6. The maximum Gasteiger partial charge on any atom is 0.264 e. The molecule has 8 nitrogen and oxygen atoms in total. The van der Waals surface area contributed by atoms with Crippen LogP contribution in [0.5, 0.6) is 17.2 Å². The molecule has 0 saturated heterocycles. The predicted octanol–water partition coefficient (Wildman–Crippen LogP) is 4.28. The average Bonchev–Trinajstić information content (AvgIpc) is 2.89. The Morgan fingerprint density at radius 3 is 2.39 bits per heavy atom. The number of ether oxygens (including phenoxy) is 3. The van der Waals surface area contributed by atoms with Crippen LogP contribution in [0.3, 0.4) is 0 Å². The first-order valence-electron chi connectivity index (χ1n) is 12.2. The van der Waals surface area contributed by atoms with Crippen LogP contribution in [0.25, 0.3) is 0 Å². The number of sulfonamides is 1. The average molecular weight is 543 g/mol. The van der Waals surface area contributed by atoms with Crippen LogP contribution in [0.4, 0.5) is 10.1 Å².